The molecule has 0 radical (unpaired) electrons. The van der Waals surface area contributed by atoms with Crippen molar-refractivity contribution >= 4 is 17.9 Å². The molecule has 10 rings (SSSR count). The lowest BCUT2D eigenvalue weighted by Gasteiger charge is -2.72. The summed E-state index contributed by atoms with van der Waals surface area (Å²) in [5, 5.41) is 167. The molecule has 5 aliphatic heterocycles. The van der Waals surface area contributed by atoms with E-state index in [1.54, 1.807) is 0 Å². The van der Waals surface area contributed by atoms with E-state index in [1.165, 1.54) is 6.92 Å². The van der Waals surface area contributed by atoms with Crippen LogP contribution in [-0.4, -0.2) is 288 Å². The highest BCUT2D eigenvalue weighted by Crippen LogP contribution is 2.76. The molecule has 5 heterocycles. The first-order valence-electron chi connectivity index (χ1n) is 31.2. The third kappa shape index (κ3) is 11.3. The molecule has 90 heavy (non-hydrogen) atoms. The third-order valence-electron chi connectivity index (χ3n) is 23.0. The molecule has 0 amide bonds. The number of aliphatic hydroxyl groups excluding tert-OH is 14. The van der Waals surface area contributed by atoms with Crippen LogP contribution in [0.5, 0.6) is 0 Å². The van der Waals surface area contributed by atoms with Gasteiger partial charge >= 0.3 is 17.9 Å². The Morgan fingerprint density at radius 2 is 1.28 bits per heavy atom. The second-order valence-electron chi connectivity index (χ2n) is 28.6. The summed E-state index contributed by atoms with van der Waals surface area (Å²) >= 11 is 0. The minimum absolute atomic E-state index is 0.00884. The molecule has 2 unspecified atom stereocenters. The Labute approximate surface area is 519 Å². The van der Waals surface area contributed by atoms with Crippen molar-refractivity contribution in [2.45, 2.75) is 247 Å². The number of allylic oxidation sites excluding steroid dienone is 2. The van der Waals surface area contributed by atoms with Gasteiger partial charge in [-0.15, -0.1) is 0 Å². The fourth-order valence-electron chi connectivity index (χ4n) is 17.8. The average molecular weight is 1300 g/mol. The van der Waals surface area contributed by atoms with E-state index in [2.05, 4.69) is 33.8 Å². The minimum atomic E-state index is -2.10. The maximum atomic E-state index is 15.6. The van der Waals surface area contributed by atoms with E-state index in [1.807, 2.05) is 6.92 Å². The van der Waals surface area contributed by atoms with Gasteiger partial charge in [-0.05, 0) is 97.7 Å². The Morgan fingerprint density at radius 3 is 1.92 bits per heavy atom. The normalized spacial score (nSPS) is 52.5. The van der Waals surface area contributed by atoms with Gasteiger partial charge in [-0.25, -0.2) is 0 Å². The van der Waals surface area contributed by atoms with Crippen LogP contribution in [0, 0.1) is 50.2 Å². The average Bonchev–Trinajstić information content (AvgIpc) is 0.728. The number of carbonyl (C=O) groups excluding carboxylic acids is 3. The smallest absolute Gasteiger partial charge is 0.317 e. The first kappa shape index (κ1) is 70.0. The molecule has 514 valence electrons. The number of aliphatic hydroxyl groups is 15. The van der Waals surface area contributed by atoms with E-state index >= 15 is 4.79 Å². The number of hydrogen-bond donors (Lipinski definition) is 15. The summed E-state index contributed by atoms with van der Waals surface area (Å²) in [6.07, 6.45) is -34.7. The van der Waals surface area contributed by atoms with Crippen LogP contribution in [0.25, 0.3) is 0 Å². The van der Waals surface area contributed by atoms with Gasteiger partial charge in [0.2, 0.25) is 6.29 Å². The van der Waals surface area contributed by atoms with Gasteiger partial charge in [0.25, 0.3) is 0 Å². The lowest BCUT2D eigenvalue weighted by Crippen LogP contribution is -2.72. The Balaban J connectivity index is 0.898. The first-order chi connectivity index (χ1) is 42.2. The molecule has 0 spiro atoms. The predicted molar refractivity (Wildman–Crippen MR) is 296 cm³/mol. The Kier molecular flexibility index (Phi) is 19.9. The Hall–Kier alpha value is -2.81. The fraction of sp³-hybridized carbons (Fsp3) is 0.917. The maximum absolute atomic E-state index is 15.6. The van der Waals surface area contributed by atoms with Crippen molar-refractivity contribution in [3.8, 4) is 0 Å². The first-order valence-corrected chi connectivity index (χ1v) is 31.2. The van der Waals surface area contributed by atoms with Gasteiger partial charge in [0, 0.05) is 6.92 Å². The maximum Gasteiger partial charge on any atom is 0.317 e. The molecular formula is C60H94O30. The Bertz CT molecular complexity index is 2610. The molecule has 30 nitrogen and oxygen atoms in total. The molecule has 0 aromatic rings. The highest BCUT2D eigenvalue weighted by atomic mass is 16.8. The number of esters is 3. The zero-order chi connectivity index (χ0) is 65.9. The molecule has 5 saturated heterocycles. The van der Waals surface area contributed by atoms with E-state index < -0.39 is 249 Å². The molecule has 15 N–H and O–H groups in total. The standard InChI is InChI=1S/C60H94O30/c1-24-41(86-47-40(74)42(30(67)20-80-47)87-51-45(75)58(78,21-62)23-82-51)39(73)44(84-25(2)64)50(83-24)88-43-35(69)29(66)19-81-49(43)90-53(77)59-14-13-54(3,4)15-27(59)26-9-10-32-55(5)16-28(65)46(89-48-38(72)37(71)36(70)31(18-61)85-48)60(22-63,52(76)79-8)33(55)11-12-56(32,6)57(26,7)17-34(59)68/h9,24,27-51,61-63,65-75,78H,10-23H2,1-8H3/t24-,27-,28-,29-,30+,31+,32?,33?,34+,35-,36+,37-,38+,39+,40+,41-,42-,43+,44+,45-,46-,47-,48-,49-,50-,51-,55+,56+,57+,58+,59+,60+/m0/s1. The second-order valence-corrected chi connectivity index (χ2v) is 28.6. The summed E-state index contributed by atoms with van der Waals surface area (Å²) in [4.78, 5) is 42.8. The van der Waals surface area contributed by atoms with Gasteiger partial charge in [0.1, 0.15) is 95.8 Å². The van der Waals surface area contributed by atoms with E-state index in [9.17, 15) is 86.2 Å². The number of ether oxygens (including phenoxy) is 12. The van der Waals surface area contributed by atoms with Gasteiger partial charge in [0.15, 0.2) is 37.4 Å². The molecule has 32 atom stereocenters. The fourth-order valence-corrected chi connectivity index (χ4v) is 17.8. The van der Waals surface area contributed by atoms with Crippen molar-refractivity contribution in [1.82, 2.24) is 0 Å². The van der Waals surface area contributed by atoms with Crippen molar-refractivity contribution in [3.63, 3.8) is 0 Å². The highest BCUT2D eigenvalue weighted by molar-refractivity contribution is 5.80. The van der Waals surface area contributed by atoms with Crippen LogP contribution in [0.3, 0.4) is 0 Å². The summed E-state index contributed by atoms with van der Waals surface area (Å²) in [5.41, 5.74) is -7.87. The number of fused-ring (bicyclic) bond motifs is 7. The predicted octanol–water partition coefficient (Wildman–Crippen LogP) is -4.63. The molecule has 0 bridgehead atoms. The van der Waals surface area contributed by atoms with E-state index in [4.69, 9.17) is 56.8 Å². The van der Waals surface area contributed by atoms with Crippen LogP contribution < -0.4 is 0 Å². The lowest BCUT2D eigenvalue weighted by atomic mass is 9.33. The molecule has 0 aromatic carbocycles. The highest BCUT2D eigenvalue weighted by Gasteiger charge is 2.75. The monoisotopic (exact) mass is 1290 g/mol. The summed E-state index contributed by atoms with van der Waals surface area (Å²) in [6.45, 7) is 8.48. The van der Waals surface area contributed by atoms with E-state index in [0.717, 1.165) is 19.6 Å². The van der Waals surface area contributed by atoms with Crippen molar-refractivity contribution in [1.29, 1.82) is 0 Å². The minimum Gasteiger partial charge on any atom is -0.468 e. The van der Waals surface area contributed by atoms with Crippen molar-refractivity contribution in [2.24, 2.45) is 50.2 Å². The zero-order valence-corrected chi connectivity index (χ0v) is 51.8. The lowest BCUT2D eigenvalue weighted by molar-refractivity contribution is -0.372. The third-order valence-corrected chi connectivity index (χ3v) is 23.0. The van der Waals surface area contributed by atoms with Gasteiger partial charge in [-0.3, -0.25) is 14.4 Å². The summed E-state index contributed by atoms with van der Waals surface area (Å²) in [5.74, 6) is -4.59. The molecule has 30 heteroatoms. The SMILES string of the molecule is COC(=O)[C@]1(CO)C2CC[C@]3(C)C(CC=C4[C@@H]5CC(C)(C)CC[C@]5(C(=O)O[C@@H]5OC[C@H](O)[C@H](O)[C@H]5O[C@@H]5O[C@@H](C)[C@H](O[C@@H]6OC[C@@H](O)[C@H](O[C@@H]7OC[C@](O)(CO)[C@H]7O)[C@H]6O)[C@@H](O)[C@H]5OC(C)=O)[C@H](O)C[C@]43C)[C@@]2(C)C[C@H](O)[C@@H]1O[C@@H]1O[C@H](CO)[C@@H](O)[C@H](O)[C@H]1O. The van der Waals surface area contributed by atoms with Crippen LogP contribution >= 0.6 is 0 Å². The topological polar surface area (TPSA) is 465 Å². The summed E-state index contributed by atoms with van der Waals surface area (Å²) < 4.78 is 70.1. The number of carbonyl (C=O) groups is 3. The van der Waals surface area contributed by atoms with Gasteiger partial charge in [-0.1, -0.05) is 46.3 Å². The number of rotatable bonds is 15. The molecule has 4 saturated carbocycles. The van der Waals surface area contributed by atoms with Crippen LogP contribution in [0.2, 0.25) is 0 Å². The number of hydrogen-bond acceptors (Lipinski definition) is 30. The van der Waals surface area contributed by atoms with Crippen LogP contribution in [-0.2, 0) is 71.2 Å². The quantitative estimate of drug-likeness (QED) is 0.0317. The molecule has 9 fully saturated rings. The molecular weight excluding hydrogens is 1200 g/mol. The van der Waals surface area contributed by atoms with Crippen molar-refractivity contribution < 1.29 is 148 Å². The van der Waals surface area contributed by atoms with Crippen LogP contribution in [0.1, 0.15) is 99.8 Å². The molecule has 0 aromatic heterocycles. The van der Waals surface area contributed by atoms with Gasteiger partial charge in [-0.2, -0.15) is 0 Å². The van der Waals surface area contributed by atoms with Crippen LogP contribution in [0.4, 0.5) is 0 Å². The number of methoxy groups -OCH3 is 1. The van der Waals surface area contributed by atoms with Crippen molar-refractivity contribution in [3.05, 3.63) is 11.6 Å². The largest absolute Gasteiger partial charge is 0.468 e. The summed E-state index contributed by atoms with van der Waals surface area (Å²) in [7, 11) is 1.14. The molecule has 5 aliphatic carbocycles. The Morgan fingerprint density at radius 1 is 0.611 bits per heavy atom. The van der Waals surface area contributed by atoms with Crippen molar-refractivity contribution in [2.75, 3.05) is 46.8 Å². The molecule has 10 aliphatic rings. The van der Waals surface area contributed by atoms with E-state index in [0.29, 0.717) is 25.7 Å². The second kappa shape index (κ2) is 25.6. The van der Waals surface area contributed by atoms with E-state index in [-0.39, 0.29) is 31.6 Å². The van der Waals surface area contributed by atoms with Gasteiger partial charge in [0.05, 0.1) is 65.1 Å². The summed E-state index contributed by atoms with van der Waals surface area (Å²) in [6, 6.07) is 0. The zero-order valence-electron chi connectivity index (χ0n) is 51.8. The van der Waals surface area contributed by atoms with Gasteiger partial charge < -0.3 is 133 Å². The van der Waals surface area contributed by atoms with Crippen LogP contribution in [0.15, 0.2) is 11.6 Å².